The summed E-state index contributed by atoms with van der Waals surface area (Å²) in [6, 6.07) is 9.63. The second-order valence-corrected chi connectivity index (χ2v) is 4.77. The van der Waals surface area contributed by atoms with Crippen LogP contribution in [-0.2, 0) is 16.0 Å². The van der Waals surface area contributed by atoms with Gasteiger partial charge in [-0.15, -0.1) is 0 Å². The third kappa shape index (κ3) is 3.12. The topological polar surface area (TPSA) is 70.5 Å². The van der Waals surface area contributed by atoms with Gasteiger partial charge in [0.25, 0.3) is 0 Å². The molecule has 20 heavy (non-hydrogen) atoms. The fourth-order valence-electron chi connectivity index (χ4n) is 2.02. The number of para-hydroxylation sites is 1. The molecule has 0 saturated carbocycles. The summed E-state index contributed by atoms with van der Waals surface area (Å²) in [6.45, 7) is 1.67. The van der Waals surface area contributed by atoms with Gasteiger partial charge < -0.3 is 10.0 Å². The fraction of sp³-hybridized carbons (Fsp3) is 0.267. The van der Waals surface area contributed by atoms with Crippen molar-refractivity contribution in [1.82, 2.24) is 9.88 Å². The number of hydrogen-bond acceptors (Lipinski definition) is 3. The zero-order chi connectivity index (χ0) is 14.7. The third-order valence-electron chi connectivity index (χ3n) is 3.11. The van der Waals surface area contributed by atoms with E-state index in [4.69, 9.17) is 5.11 Å². The van der Waals surface area contributed by atoms with Crippen LogP contribution in [0, 0.1) is 6.92 Å². The van der Waals surface area contributed by atoms with Crippen LogP contribution in [0.3, 0.4) is 0 Å². The summed E-state index contributed by atoms with van der Waals surface area (Å²) < 4.78 is 0. The number of aliphatic carboxylic acids is 1. The van der Waals surface area contributed by atoms with Crippen molar-refractivity contribution in [1.29, 1.82) is 0 Å². The number of nitrogens with zero attached hydrogens (tertiary/aromatic N) is 2. The second-order valence-electron chi connectivity index (χ2n) is 4.77. The van der Waals surface area contributed by atoms with Crippen LogP contribution in [0.2, 0.25) is 0 Å². The van der Waals surface area contributed by atoms with Crippen molar-refractivity contribution in [2.45, 2.75) is 13.3 Å². The first kappa shape index (κ1) is 14.0. The van der Waals surface area contributed by atoms with Crippen LogP contribution in [0.5, 0.6) is 0 Å². The summed E-state index contributed by atoms with van der Waals surface area (Å²) in [4.78, 5) is 28.1. The molecule has 1 amide bonds. The van der Waals surface area contributed by atoms with Crippen LogP contribution in [0.15, 0.2) is 30.3 Å². The van der Waals surface area contributed by atoms with E-state index in [9.17, 15) is 9.59 Å². The van der Waals surface area contributed by atoms with Crippen molar-refractivity contribution >= 4 is 22.8 Å². The monoisotopic (exact) mass is 272 g/mol. The summed E-state index contributed by atoms with van der Waals surface area (Å²) in [5.74, 6) is -1.28. The van der Waals surface area contributed by atoms with Gasteiger partial charge >= 0.3 is 5.97 Å². The first-order valence-electron chi connectivity index (χ1n) is 6.28. The highest BCUT2D eigenvalue weighted by Crippen LogP contribution is 2.16. The molecule has 1 aromatic carbocycles. The van der Waals surface area contributed by atoms with Crippen LogP contribution >= 0.6 is 0 Å². The van der Waals surface area contributed by atoms with E-state index in [-0.39, 0.29) is 18.9 Å². The number of benzene rings is 1. The number of aromatic nitrogens is 1. The number of amides is 1. The Morgan fingerprint density at radius 1 is 1.25 bits per heavy atom. The van der Waals surface area contributed by atoms with Gasteiger partial charge in [0.2, 0.25) is 5.91 Å². The predicted octanol–water partition coefficient (Wildman–Crippen LogP) is 1.63. The van der Waals surface area contributed by atoms with Gasteiger partial charge in [0.1, 0.15) is 6.54 Å². The number of rotatable bonds is 4. The Morgan fingerprint density at radius 2 is 2.00 bits per heavy atom. The van der Waals surface area contributed by atoms with Gasteiger partial charge in [-0.05, 0) is 18.6 Å². The molecule has 0 radical (unpaired) electrons. The van der Waals surface area contributed by atoms with Crippen molar-refractivity contribution in [3.8, 4) is 0 Å². The van der Waals surface area contributed by atoms with Gasteiger partial charge in [-0.1, -0.05) is 24.3 Å². The molecule has 1 N–H and O–H groups in total. The Morgan fingerprint density at radius 3 is 2.70 bits per heavy atom. The molecule has 0 unspecified atom stereocenters. The minimum atomic E-state index is -1.02. The number of carbonyl (C=O) groups excluding carboxylic acids is 1. The molecule has 5 nitrogen and oxygen atoms in total. The quantitative estimate of drug-likeness (QED) is 0.918. The predicted molar refractivity (Wildman–Crippen MR) is 75.5 cm³/mol. The van der Waals surface area contributed by atoms with Crippen molar-refractivity contribution in [3.63, 3.8) is 0 Å². The second kappa shape index (κ2) is 5.69. The minimum absolute atomic E-state index is 0.105. The highest BCUT2D eigenvalue weighted by molar-refractivity contribution is 5.85. The molecule has 0 aliphatic heterocycles. The molecule has 0 fully saturated rings. The molecular weight excluding hydrogens is 256 g/mol. The average molecular weight is 272 g/mol. The molecule has 2 aromatic rings. The van der Waals surface area contributed by atoms with Crippen LogP contribution in [-0.4, -0.2) is 40.5 Å². The van der Waals surface area contributed by atoms with Crippen LogP contribution in [0.25, 0.3) is 10.9 Å². The third-order valence-corrected chi connectivity index (χ3v) is 3.11. The Labute approximate surface area is 116 Å². The first-order valence-corrected chi connectivity index (χ1v) is 6.28. The van der Waals surface area contributed by atoms with Crippen LogP contribution in [0.1, 0.15) is 11.3 Å². The Balaban J connectivity index is 2.20. The lowest BCUT2D eigenvalue weighted by atomic mass is 10.1. The molecular formula is C15H16N2O3. The molecule has 5 heteroatoms. The maximum atomic E-state index is 11.9. The zero-order valence-electron chi connectivity index (χ0n) is 11.5. The van der Waals surface area contributed by atoms with E-state index < -0.39 is 5.97 Å². The van der Waals surface area contributed by atoms with Gasteiger partial charge in [0.05, 0.1) is 17.6 Å². The average Bonchev–Trinajstić information content (AvgIpc) is 2.39. The molecule has 1 aromatic heterocycles. The van der Waals surface area contributed by atoms with E-state index in [1.54, 1.807) is 6.07 Å². The maximum Gasteiger partial charge on any atom is 0.323 e. The number of likely N-dealkylation sites (N-methyl/N-ethyl adjacent to an activating group) is 1. The molecule has 0 spiro atoms. The van der Waals surface area contributed by atoms with E-state index in [1.807, 2.05) is 31.2 Å². The molecule has 0 atom stereocenters. The number of hydrogen-bond donors (Lipinski definition) is 1. The van der Waals surface area contributed by atoms with Crippen molar-refractivity contribution in [2.24, 2.45) is 0 Å². The number of carbonyl (C=O) groups is 2. The number of pyridine rings is 1. The summed E-state index contributed by atoms with van der Waals surface area (Å²) in [5, 5.41) is 9.69. The normalized spacial score (nSPS) is 10.5. The van der Waals surface area contributed by atoms with E-state index >= 15 is 0 Å². The fourth-order valence-corrected chi connectivity index (χ4v) is 2.02. The summed E-state index contributed by atoms with van der Waals surface area (Å²) >= 11 is 0. The standard InChI is InChI=1S/C15H16N2O3/c1-10-4-3-5-11-6-7-12(16-15(10)11)8-13(18)17(2)9-14(19)20/h3-7H,8-9H2,1-2H3,(H,19,20). The summed E-state index contributed by atoms with van der Waals surface area (Å²) in [7, 11) is 1.47. The first-order chi connectivity index (χ1) is 9.47. The SMILES string of the molecule is Cc1cccc2ccc(CC(=O)N(C)CC(=O)O)nc12. The minimum Gasteiger partial charge on any atom is -0.480 e. The molecule has 2 rings (SSSR count). The van der Waals surface area contributed by atoms with Crippen LogP contribution < -0.4 is 0 Å². The lowest BCUT2D eigenvalue weighted by Crippen LogP contribution is -2.33. The van der Waals surface area contributed by atoms with Crippen molar-refractivity contribution < 1.29 is 14.7 Å². The summed E-state index contributed by atoms with van der Waals surface area (Å²) in [5.41, 5.74) is 2.57. The Hall–Kier alpha value is -2.43. The van der Waals surface area contributed by atoms with Gasteiger partial charge in [0.15, 0.2) is 0 Å². The molecule has 0 bridgehead atoms. The smallest absolute Gasteiger partial charge is 0.323 e. The molecule has 0 aliphatic carbocycles. The van der Waals surface area contributed by atoms with E-state index in [0.717, 1.165) is 16.5 Å². The largest absolute Gasteiger partial charge is 0.480 e. The molecule has 0 aliphatic rings. The number of fused-ring (bicyclic) bond motifs is 1. The molecule has 1 heterocycles. The van der Waals surface area contributed by atoms with E-state index in [0.29, 0.717) is 5.69 Å². The summed E-state index contributed by atoms with van der Waals surface area (Å²) in [6.07, 6.45) is 0.105. The number of aryl methyl sites for hydroxylation is 1. The number of carboxylic acids is 1. The van der Waals surface area contributed by atoms with Gasteiger partial charge in [-0.3, -0.25) is 14.6 Å². The van der Waals surface area contributed by atoms with Crippen LogP contribution in [0.4, 0.5) is 0 Å². The molecule has 104 valence electrons. The lowest BCUT2D eigenvalue weighted by molar-refractivity contribution is -0.143. The van der Waals surface area contributed by atoms with Crippen molar-refractivity contribution in [3.05, 3.63) is 41.6 Å². The Kier molecular flexibility index (Phi) is 3.98. The van der Waals surface area contributed by atoms with Crippen molar-refractivity contribution in [2.75, 3.05) is 13.6 Å². The van der Waals surface area contributed by atoms with Gasteiger partial charge in [-0.2, -0.15) is 0 Å². The highest BCUT2D eigenvalue weighted by Gasteiger charge is 2.13. The van der Waals surface area contributed by atoms with E-state index in [1.165, 1.54) is 11.9 Å². The van der Waals surface area contributed by atoms with Gasteiger partial charge in [-0.25, -0.2) is 0 Å². The Bertz CT molecular complexity index is 667. The number of carboxylic acid groups (broad SMARTS) is 1. The maximum absolute atomic E-state index is 11.9. The van der Waals surface area contributed by atoms with Gasteiger partial charge in [0, 0.05) is 12.4 Å². The molecule has 0 saturated heterocycles. The highest BCUT2D eigenvalue weighted by atomic mass is 16.4. The lowest BCUT2D eigenvalue weighted by Gasteiger charge is -2.14. The van der Waals surface area contributed by atoms with E-state index in [2.05, 4.69) is 4.98 Å². The zero-order valence-corrected chi connectivity index (χ0v) is 11.5.